The molecule has 1 N–H and O–H groups in total. The predicted octanol–water partition coefficient (Wildman–Crippen LogP) is 5.13. The van der Waals surface area contributed by atoms with Gasteiger partial charge in [0.1, 0.15) is 5.75 Å². The molecule has 0 unspecified atom stereocenters. The van der Waals surface area contributed by atoms with E-state index in [-0.39, 0.29) is 5.75 Å². The lowest BCUT2D eigenvalue weighted by atomic mass is 9.95. The fourth-order valence-corrected chi connectivity index (χ4v) is 3.43. The van der Waals surface area contributed by atoms with Crippen molar-refractivity contribution >= 4 is 23.3 Å². The highest BCUT2D eigenvalue weighted by Gasteiger charge is 2.19. The van der Waals surface area contributed by atoms with Gasteiger partial charge in [-0.2, -0.15) is 0 Å². The summed E-state index contributed by atoms with van der Waals surface area (Å²) in [5.74, 6) is 0.260. The SMILES string of the molecule is Oc1cccc(C=C2c3ccc(Cl)cc3CCc3cccnc32)c1. The number of aromatic nitrogens is 1. The number of aryl methyl sites for hydroxylation is 2. The van der Waals surface area contributed by atoms with E-state index in [0.717, 1.165) is 40.3 Å². The van der Waals surface area contributed by atoms with Crippen LogP contribution in [0.2, 0.25) is 5.02 Å². The van der Waals surface area contributed by atoms with Gasteiger partial charge in [-0.05, 0) is 71.5 Å². The second-order valence-corrected chi connectivity index (χ2v) is 6.40. The van der Waals surface area contributed by atoms with E-state index in [4.69, 9.17) is 11.6 Å². The average molecular weight is 334 g/mol. The Labute approximate surface area is 146 Å². The predicted molar refractivity (Wildman–Crippen MR) is 98.2 cm³/mol. The number of pyridine rings is 1. The smallest absolute Gasteiger partial charge is 0.116 e. The maximum Gasteiger partial charge on any atom is 0.116 e. The Morgan fingerprint density at radius 3 is 2.71 bits per heavy atom. The number of phenolic OH excluding ortho intramolecular Hbond substituents is 1. The minimum Gasteiger partial charge on any atom is -0.508 e. The number of hydrogen-bond donors (Lipinski definition) is 1. The molecule has 1 aliphatic carbocycles. The Morgan fingerprint density at radius 1 is 0.958 bits per heavy atom. The first-order chi connectivity index (χ1) is 11.7. The molecule has 3 aromatic rings. The summed E-state index contributed by atoms with van der Waals surface area (Å²) in [4.78, 5) is 4.64. The van der Waals surface area contributed by atoms with E-state index in [0.29, 0.717) is 0 Å². The van der Waals surface area contributed by atoms with Crippen LogP contribution in [0, 0.1) is 0 Å². The van der Waals surface area contributed by atoms with E-state index < -0.39 is 0 Å². The van der Waals surface area contributed by atoms with Gasteiger partial charge < -0.3 is 5.11 Å². The van der Waals surface area contributed by atoms with Crippen molar-refractivity contribution in [3.63, 3.8) is 0 Å². The number of phenols is 1. The molecule has 0 saturated heterocycles. The van der Waals surface area contributed by atoms with Crippen LogP contribution in [0.5, 0.6) is 5.75 Å². The normalized spacial score (nSPS) is 14.8. The Balaban J connectivity index is 1.97. The molecule has 0 spiro atoms. The molecule has 0 amide bonds. The molecule has 4 rings (SSSR count). The Morgan fingerprint density at radius 2 is 1.83 bits per heavy atom. The maximum absolute atomic E-state index is 9.76. The van der Waals surface area contributed by atoms with Gasteiger partial charge in [0.25, 0.3) is 0 Å². The van der Waals surface area contributed by atoms with Crippen LogP contribution >= 0.6 is 11.6 Å². The zero-order chi connectivity index (χ0) is 16.5. The number of fused-ring (bicyclic) bond motifs is 2. The van der Waals surface area contributed by atoms with Crippen molar-refractivity contribution in [1.82, 2.24) is 4.98 Å². The van der Waals surface area contributed by atoms with Crippen LogP contribution in [0.25, 0.3) is 11.6 Å². The first-order valence-electron chi connectivity index (χ1n) is 7.94. The molecular weight excluding hydrogens is 318 g/mol. The summed E-state index contributed by atoms with van der Waals surface area (Å²) in [6.07, 6.45) is 5.79. The van der Waals surface area contributed by atoms with Crippen LogP contribution in [0.1, 0.15) is 27.9 Å². The van der Waals surface area contributed by atoms with Crippen molar-refractivity contribution in [3.8, 4) is 5.75 Å². The van der Waals surface area contributed by atoms with Gasteiger partial charge >= 0.3 is 0 Å². The van der Waals surface area contributed by atoms with Crippen LogP contribution in [0.15, 0.2) is 60.8 Å². The van der Waals surface area contributed by atoms with Gasteiger partial charge in [0.2, 0.25) is 0 Å². The van der Waals surface area contributed by atoms with Crippen molar-refractivity contribution in [2.75, 3.05) is 0 Å². The van der Waals surface area contributed by atoms with Gasteiger partial charge in [-0.25, -0.2) is 0 Å². The number of halogens is 1. The first kappa shape index (κ1) is 15.0. The van der Waals surface area contributed by atoms with E-state index in [1.807, 2.05) is 36.5 Å². The topological polar surface area (TPSA) is 33.1 Å². The summed E-state index contributed by atoms with van der Waals surface area (Å²) in [5.41, 5.74) is 6.63. The second kappa shape index (κ2) is 6.14. The van der Waals surface area contributed by atoms with E-state index in [9.17, 15) is 5.11 Å². The Hall–Kier alpha value is -2.58. The quantitative estimate of drug-likeness (QED) is 0.669. The van der Waals surface area contributed by atoms with Gasteiger partial charge in [-0.15, -0.1) is 0 Å². The lowest BCUT2D eigenvalue weighted by molar-refractivity contribution is 0.475. The van der Waals surface area contributed by atoms with Crippen molar-refractivity contribution in [2.45, 2.75) is 12.8 Å². The molecule has 0 saturated carbocycles. The first-order valence-corrected chi connectivity index (χ1v) is 8.32. The number of aromatic hydroxyl groups is 1. The third-order valence-corrected chi connectivity index (χ3v) is 4.58. The van der Waals surface area contributed by atoms with Gasteiger partial charge in [0.15, 0.2) is 0 Å². The monoisotopic (exact) mass is 333 g/mol. The number of nitrogens with zero attached hydrogens (tertiary/aromatic N) is 1. The third kappa shape index (κ3) is 2.81. The molecule has 1 aliphatic rings. The number of rotatable bonds is 1. The lowest BCUT2D eigenvalue weighted by Gasteiger charge is -2.11. The van der Waals surface area contributed by atoms with E-state index in [1.54, 1.807) is 12.1 Å². The molecule has 1 aromatic heterocycles. The molecule has 2 nitrogen and oxygen atoms in total. The molecule has 0 atom stereocenters. The highest BCUT2D eigenvalue weighted by atomic mass is 35.5. The molecule has 0 aliphatic heterocycles. The molecule has 3 heteroatoms. The standard InChI is InChI=1S/C21H16ClNO/c22-17-8-9-19-16(13-17)7-6-15-4-2-10-23-21(15)20(19)12-14-3-1-5-18(24)11-14/h1-5,8-13,24H,6-7H2. The van der Waals surface area contributed by atoms with Crippen LogP contribution in [-0.4, -0.2) is 10.1 Å². The highest BCUT2D eigenvalue weighted by molar-refractivity contribution is 6.30. The van der Waals surface area contributed by atoms with Crippen LogP contribution in [0.3, 0.4) is 0 Å². The summed E-state index contributed by atoms with van der Waals surface area (Å²) in [7, 11) is 0. The largest absolute Gasteiger partial charge is 0.508 e. The van der Waals surface area contributed by atoms with Gasteiger partial charge in [0, 0.05) is 16.8 Å². The Kier molecular flexibility index (Phi) is 3.83. The van der Waals surface area contributed by atoms with Crippen molar-refractivity contribution in [1.29, 1.82) is 0 Å². The van der Waals surface area contributed by atoms with E-state index >= 15 is 0 Å². The molecular formula is C21H16ClNO. The molecule has 24 heavy (non-hydrogen) atoms. The van der Waals surface area contributed by atoms with Crippen LogP contribution < -0.4 is 0 Å². The van der Waals surface area contributed by atoms with Crippen molar-refractivity contribution in [2.24, 2.45) is 0 Å². The third-order valence-electron chi connectivity index (χ3n) is 4.35. The summed E-state index contributed by atoms with van der Waals surface area (Å²) in [6.45, 7) is 0. The van der Waals surface area contributed by atoms with Gasteiger partial charge in [-0.3, -0.25) is 4.98 Å². The molecule has 0 bridgehead atoms. The summed E-state index contributed by atoms with van der Waals surface area (Å²) < 4.78 is 0. The molecule has 0 radical (unpaired) electrons. The summed E-state index contributed by atoms with van der Waals surface area (Å²) >= 11 is 6.20. The van der Waals surface area contributed by atoms with Crippen molar-refractivity contribution < 1.29 is 5.11 Å². The zero-order valence-electron chi connectivity index (χ0n) is 13.0. The lowest BCUT2D eigenvalue weighted by Crippen LogP contribution is -1.95. The fourth-order valence-electron chi connectivity index (χ4n) is 3.24. The summed E-state index contributed by atoms with van der Waals surface area (Å²) in [5, 5.41) is 10.5. The molecule has 1 heterocycles. The molecule has 2 aromatic carbocycles. The number of hydrogen-bond acceptors (Lipinski definition) is 2. The van der Waals surface area contributed by atoms with E-state index in [1.165, 1.54) is 11.1 Å². The van der Waals surface area contributed by atoms with Crippen LogP contribution in [0.4, 0.5) is 0 Å². The van der Waals surface area contributed by atoms with Crippen LogP contribution in [-0.2, 0) is 12.8 Å². The van der Waals surface area contributed by atoms with E-state index in [2.05, 4.69) is 23.2 Å². The zero-order valence-corrected chi connectivity index (χ0v) is 13.8. The van der Waals surface area contributed by atoms with Crippen molar-refractivity contribution in [3.05, 3.63) is 93.8 Å². The second-order valence-electron chi connectivity index (χ2n) is 5.97. The maximum atomic E-state index is 9.76. The average Bonchev–Trinajstić information content (AvgIpc) is 2.73. The minimum atomic E-state index is 0.260. The molecule has 118 valence electrons. The minimum absolute atomic E-state index is 0.260. The Bertz CT molecular complexity index is 946. The molecule has 0 fully saturated rings. The fraction of sp³-hybridized carbons (Fsp3) is 0.0952. The van der Waals surface area contributed by atoms with Gasteiger partial charge in [-0.1, -0.05) is 35.9 Å². The number of benzene rings is 2. The summed E-state index contributed by atoms with van der Waals surface area (Å²) in [6, 6.07) is 17.4. The highest BCUT2D eigenvalue weighted by Crippen LogP contribution is 2.35. The van der Waals surface area contributed by atoms with Gasteiger partial charge in [0.05, 0.1) is 5.69 Å².